The molecule has 0 aliphatic rings. The number of primary amides is 1. The molecule has 19 heavy (non-hydrogen) atoms. The molecule has 0 aliphatic carbocycles. The molecule has 0 radical (unpaired) electrons. The molecule has 0 atom stereocenters. The molecule has 4 N–H and O–H groups in total. The zero-order valence-corrected chi connectivity index (χ0v) is 9.90. The molecule has 0 saturated heterocycles. The van der Waals surface area contributed by atoms with Crippen LogP contribution in [-0.4, -0.2) is 27.2 Å². The summed E-state index contributed by atoms with van der Waals surface area (Å²) in [5.41, 5.74) is 5.45. The summed E-state index contributed by atoms with van der Waals surface area (Å²) in [5.74, 6) is -1.99. The number of nitrogens with one attached hydrogen (secondary N) is 2. The maximum atomic E-state index is 13.6. The summed E-state index contributed by atoms with van der Waals surface area (Å²) in [7, 11) is 0. The van der Waals surface area contributed by atoms with E-state index < -0.39 is 17.6 Å². The first-order valence-electron chi connectivity index (χ1n) is 5.26. The van der Waals surface area contributed by atoms with Gasteiger partial charge >= 0.3 is 0 Å². The molecule has 0 aliphatic heterocycles. The van der Waals surface area contributed by atoms with Crippen LogP contribution >= 0.6 is 0 Å². The summed E-state index contributed by atoms with van der Waals surface area (Å²) in [6.45, 7) is 1.47. The second kappa shape index (κ2) is 4.84. The van der Waals surface area contributed by atoms with Crippen molar-refractivity contribution in [3.8, 4) is 0 Å². The number of nitrogens with zero attached hydrogens (tertiary/aromatic N) is 2. The van der Waals surface area contributed by atoms with E-state index in [9.17, 15) is 14.0 Å². The Labute approximate surface area is 107 Å². The zero-order valence-electron chi connectivity index (χ0n) is 9.90. The van der Waals surface area contributed by atoms with Crippen molar-refractivity contribution >= 4 is 17.5 Å². The fourth-order valence-electron chi connectivity index (χ4n) is 1.45. The van der Waals surface area contributed by atoms with Crippen LogP contribution in [0.25, 0.3) is 0 Å². The highest BCUT2D eigenvalue weighted by Gasteiger charge is 2.14. The first kappa shape index (κ1) is 12.7. The Bertz CT molecular complexity index is 639. The van der Waals surface area contributed by atoms with Crippen LogP contribution in [0.5, 0.6) is 0 Å². The van der Waals surface area contributed by atoms with Gasteiger partial charge in [-0.05, 0) is 19.1 Å². The predicted molar refractivity (Wildman–Crippen MR) is 64.0 cm³/mol. The van der Waals surface area contributed by atoms with Crippen LogP contribution in [0, 0.1) is 12.7 Å². The number of benzene rings is 1. The molecule has 1 heterocycles. The average Bonchev–Trinajstić information content (AvgIpc) is 2.88. The Morgan fingerprint density at radius 3 is 2.74 bits per heavy atom. The number of aromatic nitrogens is 3. The number of nitrogens with two attached hydrogens (primary N) is 1. The summed E-state index contributed by atoms with van der Waals surface area (Å²) in [5, 5.41) is 11.8. The van der Waals surface area contributed by atoms with Crippen LogP contribution in [0.15, 0.2) is 18.3 Å². The normalized spacial score (nSPS) is 10.2. The number of carbonyl (C=O) groups is 2. The Hall–Kier alpha value is -2.77. The Morgan fingerprint density at radius 2 is 2.16 bits per heavy atom. The van der Waals surface area contributed by atoms with Gasteiger partial charge in [-0.2, -0.15) is 15.4 Å². The van der Waals surface area contributed by atoms with E-state index in [0.717, 1.165) is 6.07 Å². The second-order valence-corrected chi connectivity index (χ2v) is 3.80. The van der Waals surface area contributed by atoms with Gasteiger partial charge in [-0.25, -0.2) is 4.39 Å². The van der Waals surface area contributed by atoms with Gasteiger partial charge in [-0.3, -0.25) is 9.59 Å². The summed E-state index contributed by atoms with van der Waals surface area (Å²) in [4.78, 5) is 22.8. The number of anilines is 1. The number of H-pyrrole nitrogens is 1. The molecule has 0 bridgehead atoms. The van der Waals surface area contributed by atoms with E-state index in [1.165, 1.54) is 19.2 Å². The molecule has 0 unspecified atom stereocenters. The van der Waals surface area contributed by atoms with Crippen molar-refractivity contribution < 1.29 is 14.0 Å². The lowest BCUT2D eigenvalue weighted by Crippen LogP contribution is -2.16. The molecule has 1 aromatic heterocycles. The third-order valence-corrected chi connectivity index (χ3v) is 2.52. The number of hydrogen-bond donors (Lipinski definition) is 3. The fourth-order valence-corrected chi connectivity index (χ4v) is 1.45. The molecular formula is C11H10FN5O2. The van der Waals surface area contributed by atoms with E-state index >= 15 is 0 Å². The topological polar surface area (TPSA) is 114 Å². The lowest BCUT2D eigenvalue weighted by atomic mass is 10.1. The molecule has 0 saturated carbocycles. The molecule has 0 fully saturated rings. The Balaban J connectivity index is 2.34. The summed E-state index contributed by atoms with van der Waals surface area (Å²) >= 11 is 0. The van der Waals surface area contributed by atoms with Crippen molar-refractivity contribution in [3.63, 3.8) is 0 Å². The molecule has 2 aromatic rings. The number of carbonyl (C=O) groups excluding carboxylic acids is 2. The third-order valence-electron chi connectivity index (χ3n) is 2.52. The second-order valence-electron chi connectivity index (χ2n) is 3.80. The van der Waals surface area contributed by atoms with Crippen LogP contribution in [-0.2, 0) is 0 Å². The van der Waals surface area contributed by atoms with Gasteiger partial charge in [0.25, 0.3) is 5.91 Å². The van der Waals surface area contributed by atoms with E-state index in [4.69, 9.17) is 5.73 Å². The maximum absolute atomic E-state index is 13.6. The Morgan fingerprint density at radius 1 is 1.42 bits per heavy atom. The predicted octanol–water partition coefficient (Wildman–Crippen LogP) is 0.603. The highest BCUT2D eigenvalue weighted by Crippen LogP contribution is 2.21. The summed E-state index contributed by atoms with van der Waals surface area (Å²) in [6, 6.07) is 2.32. The van der Waals surface area contributed by atoms with Crippen molar-refractivity contribution in [3.05, 3.63) is 41.0 Å². The minimum absolute atomic E-state index is 0.0291. The van der Waals surface area contributed by atoms with Gasteiger partial charge in [0, 0.05) is 16.8 Å². The third kappa shape index (κ3) is 2.57. The van der Waals surface area contributed by atoms with Crippen molar-refractivity contribution in [2.75, 3.05) is 5.32 Å². The molecule has 1 aromatic carbocycles. The summed E-state index contributed by atoms with van der Waals surface area (Å²) in [6.07, 6.45) is 1.22. The van der Waals surface area contributed by atoms with Gasteiger partial charge in [0.05, 0.1) is 6.20 Å². The fraction of sp³-hybridized carbons (Fsp3) is 0.0909. The standard InChI is InChI=1S/C11H10FN5O2/c1-5-7(12)2-6(10(13)18)3-8(5)15-11(19)9-4-14-17-16-9/h2-4H,1H3,(H2,13,18)(H,15,19)(H,14,16,17). The van der Waals surface area contributed by atoms with E-state index in [2.05, 4.69) is 20.7 Å². The van der Waals surface area contributed by atoms with Crippen LogP contribution in [0.4, 0.5) is 10.1 Å². The monoisotopic (exact) mass is 263 g/mol. The SMILES string of the molecule is Cc1c(F)cc(C(N)=O)cc1NC(=O)c1cn[nH]n1. The van der Waals surface area contributed by atoms with Crippen LogP contribution in [0.1, 0.15) is 26.4 Å². The highest BCUT2D eigenvalue weighted by atomic mass is 19.1. The molecule has 98 valence electrons. The van der Waals surface area contributed by atoms with Crippen LogP contribution in [0.2, 0.25) is 0 Å². The zero-order chi connectivity index (χ0) is 14.0. The molecule has 0 spiro atoms. The van der Waals surface area contributed by atoms with Crippen molar-refractivity contribution in [2.24, 2.45) is 5.73 Å². The minimum Gasteiger partial charge on any atom is -0.366 e. The first-order chi connectivity index (χ1) is 8.99. The Kier molecular flexibility index (Phi) is 3.23. The van der Waals surface area contributed by atoms with Gasteiger partial charge in [-0.15, -0.1) is 0 Å². The number of aromatic amines is 1. The van der Waals surface area contributed by atoms with Crippen molar-refractivity contribution in [2.45, 2.75) is 6.92 Å². The van der Waals surface area contributed by atoms with Gasteiger partial charge < -0.3 is 11.1 Å². The molecule has 7 nitrogen and oxygen atoms in total. The number of amides is 2. The lowest BCUT2D eigenvalue weighted by Gasteiger charge is -2.09. The number of rotatable bonds is 3. The van der Waals surface area contributed by atoms with E-state index in [0.29, 0.717) is 0 Å². The number of hydrogen-bond acceptors (Lipinski definition) is 4. The average molecular weight is 263 g/mol. The van der Waals surface area contributed by atoms with E-state index in [-0.39, 0.29) is 22.5 Å². The van der Waals surface area contributed by atoms with Crippen molar-refractivity contribution in [1.29, 1.82) is 0 Å². The van der Waals surface area contributed by atoms with Gasteiger partial charge in [0.1, 0.15) is 5.82 Å². The van der Waals surface area contributed by atoms with Gasteiger partial charge in [-0.1, -0.05) is 0 Å². The van der Waals surface area contributed by atoms with Crippen molar-refractivity contribution in [1.82, 2.24) is 15.4 Å². The lowest BCUT2D eigenvalue weighted by molar-refractivity contribution is 0.0995. The smallest absolute Gasteiger partial charge is 0.277 e. The summed E-state index contributed by atoms with van der Waals surface area (Å²) < 4.78 is 13.6. The quantitative estimate of drug-likeness (QED) is 0.752. The van der Waals surface area contributed by atoms with Crippen LogP contribution in [0.3, 0.4) is 0 Å². The molecule has 8 heteroatoms. The van der Waals surface area contributed by atoms with Crippen LogP contribution < -0.4 is 11.1 Å². The molecule has 2 rings (SSSR count). The van der Waals surface area contributed by atoms with Gasteiger partial charge in [0.15, 0.2) is 5.69 Å². The minimum atomic E-state index is -0.782. The highest BCUT2D eigenvalue weighted by molar-refractivity contribution is 6.04. The van der Waals surface area contributed by atoms with Gasteiger partial charge in [0.2, 0.25) is 5.91 Å². The number of halogens is 1. The van der Waals surface area contributed by atoms with E-state index in [1.807, 2.05) is 0 Å². The maximum Gasteiger partial charge on any atom is 0.277 e. The largest absolute Gasteiger partial charge is 0.366 e. The van der Waals surface area contributed by atoms with E-state index in [1.54, 1.807) is 0 Å². The first-order valence-corrected chi connectivity index (χ1v) is 5.26. The molecule has 2 amide bonds. The molecular weight excluding hydrogens is 253 g/mol.